The molecule has 0 atom stereocenters. The second-order valence-electron chi connectivity index (χ2n) is 5.87. The van der Waals surface area contributed by atoms with Gasteiger partial charge in [0.05, 0.1) is 11.5 Å². The molecular formula is C15H24N2O3. The van der Waals surface area contributed by atoms with Crippen molar-refractivity contribution in [2.45, 2.75) is 34.6 Å². The summed E-state index contributed by atoms with van der Waals surface area (Å²) >= 11 is 0. The summed E-state index contributed by atoms with van der Waals surface area (Å²) in [6.07, 6.45) is 0. The van der Waals surface area contributed by atoms with Crippen LogP contribution in [0.1, 0.15) is 34.6 Å². The van der Waals surface area contributed by atoms with Crippen LogP contribution in [0.2, 0.25) is 0 Å². The van der Waals surface area contributed by atoms with E-state index in [-0.39, 0.29) is 11.1 Å². The predicted molar refractivity (Wildman–Crippen MR) is 81.4 cm³/mol. The van der Waals surface area contributed by atoms with Crippen LogP contribution in [0.5, 0.6) is 5.75 Å². The number of anilines is 1. The van der Waals surface area contributed by atoms with Gasteiger partial charge in [-0.1, -0.05) is 27.7 Å². The average molecular weight is 280 g/mol. The quantitative estimate of drug-likeness (QED) is 0.603. The van der Waals surface area contributed by atoms with Gasteiger partial charge in [-0.05, 0) is 24.3 Å². The SMILES string of the molecule is CCOc1cc(NCC(C)(C)C(C)C)ccc1[N+](=O)[O-]. The summed E-state index contributed by atoms with van der Waals surface area (Å²) in [5.74, 6) is 0.851. The minimum absolute atomic E-state index is 0.000481. The fourth-order valence-corrected chi connectivity index (χ4v) is 1.58. The first-order valence-electron chi connectivity index (χ1n) is 6.93. The largest absolute Gasteiger partial charge is 0.487 e. The molecule has 1 rings (SSSR count). The molecule has 0 aliphatic rings. The van der Waals surface area contributed by atoms with Crippen molar-refractivity contribution in [3.05, 3.63) is 28.3 Å². The van der Waals surface area contributed by atoms with Gasteiger partial charge in [0, 0.05) is 24.4 Å². The topological polar surface area (TPSA) is 64.4 Å². The maximum absolute atomic E-state index is 10.9. The van der Waals surface area contributed by atoms with Gasteiger partial charge >= 0.3 is 5.69 Å². The molecule has 0 amide bonds. The lowest BCUT2D eigenvalue weighted by Gasteiger charge is -2.29. The number of nitro benzene ring substituents is 1. The summed E-state index contributed by atoms with van der Waals surface area (Å²) in [6, 6.07) is 4.89. The monoisotopic (exact) mass is 280 g/mol. The van der Waals surface area contributed by atoms with Crippen molar-refractivity contribution in [1.29, 1.82) is 0 Å². The minimum Gasteiger partial charge on any atom is -0.487 e. The molecule has 0 unspecified atom stereocenters. The molecule has 112 valence electrons. The van der Waals surface area contributed by atoms with Crippen LogP contribution in [0, 0.1) is 21.4 Å². The van der Waals surface area contributed by atoms with Crippen LogP contribution in [0.4, 0.5) is 11.4 Å². The molecule has 1 aromatic carbocycles. The molecule has 0 bridgehead atoms. The molecule has 0 saturated carbocycles. The third kappa shape index (κ3) is 4.11. The van der Waals surface area contributed by atoms with Crippen LogP contribution in [-0.2, 0) is 0 Å². The van der Waals surface area contributed by atoms with E-state index in [0.717, 1.165) is 12.2 Å². The standard InChI is InChI=1S/C15H24N2O3/c1-6-20-14-9-12(7-8-13(14)17(18)19)16-10-15(4,5)11(2)3/h7-9,11,16H,6,10H2,1-5H3. The molecule has 0 aliphatic carbocycles. The van der Waals surface area contributed by atoms with Gasteiger partial charge in [0.25, 0.3) is 0 Å². The van der Waals surface area contributed by atoms with E-state index in [9.17, 15) is 10.1 Å². The summed E-state index contributed by atoms with van der Waals surface area (Å²) in [7, 11) is 0. The van der Waals surface area contributed by atoms with Gasteiger partial charge in [-0.25, -0.2) is 0 Å². The highest BCUT2D eigenvalue weighted by atomic mass is 16.6. The summed E-state index contributed by atoms with van der Waals surface area (Å²) in [5, 5.41) is 14.2. The summed E-state index contributed by atoms with van der Waals surface area (Å²) in [5.41, 5.74) is 0.987. The van der Waals surface area contributed by atoms with Crippen molar-refractivity contribution in [3.8, 4) is 5.75 Å². The van der Waals surface area contributed by atoms with Gasteiger partial charge in [0.2, 0.25) is 0 Å². The predicted octanol–water partition coefficient (Wildman–Crippen LogP) is 4.09. The van der Waals surface area contributed by atoms with Crippen molar-refractivity contribution in [3.63, 3.8) is 0 Å². The Bertz CT molecular complexity index is 470. The maximum Gasteiger partial charge on any atom is 0.311 e. The number of benzene rings is 1. The summed E-state index contributed by atoms with van der Waals surface area (Å²) in [4.78, 5) is 10.5. The number of hydrogen-bond donors (Lipinski definition) is 1. The van der Waals surface area contributed by atoms with Crippen LogP contribution in [0.3, 0.4) is 0 Å². The Kier molecular flexibility index (Phi) is 5.36. The van der Waals surface area contributed by atoms with Gasteiger partial charge in [0.1, 0.15) is 0 Å². The zero-order valence-electron chi connectivity index (χ0n) is 12.9. The van der Waals surface area contributed by atoms with E-state index >= 15 is 0 Å². The highest BCUT2D eigenvalue weighted by Crippen LogP contribution is 2.31. The minimum atomic E-state index is -0.424. The number of nitro groups is 1. The lowest BCUT2D eigenvalue weighted by Crippen LogP contribution is -2.28. The lowest BCUT2D eigenvalue weighted by atomic mass is 9.81. The Morgan fingerprint density at radius 3 is 2.55 bits per heavy atom. The van der Waals surface area contributed by atoms with E-state index in [1.807, 2.05) is 6.92 Å². The molecule has 5 nitrogen and oxygen atoms in total. The van der Waals surface area contributed by atoms with E-state index < -0.39 is 4.92 Å². The van der Waals surface area contributed by atoms with Crippen LogP contribution >= 0.6 is 0 Å². The number of nitrogens with zero attached hydrogens (tertiary/aromatic N) is 1. The molecule has 1 aromatic rings. The smallest absolute Gasteiger partial charge is 0.311 e. The molecule has 1 N–H and O–H groups in total. The van der Waals surface area contributed by atoms with Crippen molar-refractivity contribution in [1.82, 2.24) is 0 Å². The molecule has 0 radical (unpaired) electrons. The zero-order chi connectivity index (χ0) is 15.3. The summed E-state index contributed by atoms with van der Waals surface area (Å²) < 4.78 is 5.34. The molecule has 20 heavy (non-hydrogen) atoms. The number of ether oxygens (including phenoxy) is 1. The first kappa shape index (κ1) is 16.3. The van der Waals surface area contributed by atoms with Crippen molar-refractivity contribution in [2.24, 2.45) is 11.3 Å². The van der Waals surface area contributed by atoms with Crippen molar-refractivity contribution >= 4 is 11.4 Å². The van der Waals surface area contributed by atoms with E-state index in [4.69, 9.17) is 4.74 Å². The maximum atomic E-state index is 10.9. The summed E-state index contributed by atoms with van der Waals surface area (Å²) in [6.45, 7) is 11.8. The lowest BCUT2D eigenvalue weighted by molar-refractivity contribution is -0.385. The first-order valence-corrected chi connectivity index (χ1v) is 6.93. The second kappa shape index (κ2) is 6.59. The third-order valence-electron chi connectivity index (χ3n) is 3.77. The Hall–Kier alpha value is -1.78. The molecule has 0 aliphatic heterocycles. The van der Waals surface area contributed by atoms with Gasteiger partial charge in [0.15, 0.2) is 5.75 Å². The second-order valence-corrected chi connectivity index (χ2v) is 5.87. The van der Waals surface area contributed by atoms with Gasteiger partial charge < -0.3 is 10.1 Å². The number of nitrogens with one attached hydrogen (secondary N) is 1. The van der Waals surface area contributed by atoms with E-state index in [2.05, 4.69) is 33.0 Å². The van der Waals surface area contributed by atoms with Gasteiger partial charge in [-0.3, -0.25) is 10.1 Å². The highest BCUT2D eigenvalue weighted by molar-refractivity contribution is 5.58. The Morgan fingerprint density at radius 1 is 1.40 bits per heavy atom. The zero-order valence-corrected chi connectivity index (χ0v) is 12.9. The molecule has 0 saturated heterocycles. The fourth-order valence-electron chi connectivity index (χ4n) is 1.58. The van der Waals surface area contributed by atoms with Crippen LogP contribution < -0.4 is 10.1 Å². The Balaban J connectivity index is 2.87. The normalized spacial score (nSPS) is 11.5. The van der Waals surface area contributed by atoms with E-state index in [1.165, 1.54) is 6.07 Å². The molecule has 0 spiro atoms. The van der Waals surface area contributed by atoms with Crippen LogP contribution in [-0.4, -0.2) is 18.1 Å². The molecule has 5 heteroatoms. The highest BCUT2D eigenvalue weighted by Gasteiger charge is 2.22. The third-order valence-corrected chi connectivity index (χ3v) is 3.77. The van der Waals surface area contributed by atoms with Gasteiger partial charge in [-0.2, -0.15) is 0 Å². The molecule has 0 aromatic heterocycles. The van der Waals surface area contributed by atoms with Crippen LogP contribution in [0.25, 0.3) is 0 Å². The average Bonchev–Trinajstić information content (AvgIpc) is 2.36. The Morgan fingerprint density at radius 2 is 2.05 bits per heavy atom. The Labute approximate surface area is 120 Å². The molecule has 0 heterocycles. The van der Waals surface area contributed by atoms with E-state index in [1.54, 1.807) is 12.1 Å². The van der Waals surface area contributed by atoms with Crippen molar-refractivity contribution in [2.75, 3.05) is 18.5 Å². The number of rotatable bonds is 7. The van der Waals surface area contributed by atoms with Crippen LogP contribution in [0.15, 0.2) is 18.2 Å². The first-order chi connectivity index (χ1) is 9.27. The molecule has 0 fully saturated rings. The van der Waals surface area contributed by atoms with Gasteiger partial charge in [-0.15, -0.1) is 0 Å². The van der Waals surface area contributed by atoms with E-state index in [0.29, 0.717) is 18.3 Å². The number of hydrogen-bond acceptors (Lipinski definition) is 4. The van der Waals surface area contributed by atoms with Crippen molar-refractivity contribution < 1.29 is 9.66 Å². The fraction of sp³-hybridized carbons (Fsp3) is 0.600. The molecular weight excluding hydrogens is 256 g/mol.